The predicted molar refractivity (Wildman–Crippen MR) is 136 cm³/mol. The van der Waals surface area contributed by atoms with Gasteiger partial charge in [-0.2, -0.15) is 0 Å². The minimum absolute atomic E-state index is 0.0371. The number of nitrogens with one attached hydrogen (secondary N) is 1. The first-order valence-electron chi connectivity index (χ1n) is 12.4. The van der Waals surface area contributed by atoms with Crippen LogP contribution >= 0.6 is 0 Å². The van der Waals surface area contributed by atoms with Gasteiger partial charge in [0.05, 0.1) is 16.2 Å². The molecule has 11 nitrogen and oxygen atoms in total. The van der Waals surface area contributed by atoms with E-state index in [1.807, 2.05) is 13.0 Å². The zero-order chi connectivity index (χ0) is 26.2. The van der Waals surface area contributed by atoms with Crippen LogP contribution in [-0.4, -0.2) is 70.2 Å². The SMILES string of the molecule is CC(C1CC1)N1Cc2cc(-c3ccn4nc(N)c(C(=O)NC5CC5)c4n3)cc(S(=O)(=O)N(C)C)c2C1=O. The first kappa shape index (κ1) is 23.9. The molecule has 6 rings (SSSR count). The van der Waals surface area contributed by atoms with Crippen molar-refractivity contribution in [2.24, 2.45) is 5.92 Å². The van der Waals surface area contributed by atoms with Crippen LogP contribution < -0.4 is 11.1 Å². The Kier molecular flexibility index (Phi) is 5.32. The minimum Gasteiger partial charge on any atom is -0.381 e. The lowest BCUT2D eigenvalue weighted by molar-refractivity contribution is 0.0694. The first-order valence-corrected chi connectivity index (χ1v) is 13.9. The van der Waals surface area contributed by atoms with Crippen LogP contribution in [0, 0.1) is 5.92 Å². The molecular formula is C25H29N7O4S. The Morgan fingerprint density at radius 3 is 2.59 bits per heavy atom. The molecule has 0 radical (unpaired) electrons. The average Bonchev–Trinajstić information content (AvgIpc) is 3.78. The maximum absolute atomic E-state index is 13.5. The third kappa shape index (κ3) is 3.95. The molecule has 1 aromatic carbocycles. The molecule has 1 aliphatic heterocycles. The van der Waals surface area contributed by atoms with Crippen LogP contribution in [0.1, 0.15) is 58.9 Å². The summed E-state index contributed by atoms with van der Waals surface area (Å²) in [6.45, 7) is 2.36. The molecule has 3 aromatic rings. The van der Waals surface area contributed by atoms with E-state index >= 15 is 0 Å². The quantitative estimate of drug-likeness (QED) is 0.481. The van der Waals surface area contributed by atoms with Gasteiger partial charge in [0.15, 0.2) is 11.5 Å². The van der Waals surface area contributed by atoms with Crippen molar-refractivity contribution in [2.45, 2.75) is 56.1 Å². The fraction of sp³-hybridized carbons (Fsp3) is 0.440. The number of amides is 2. The Balaban J connectivity index is 1.48. The van der Waals surface area contributed by atoms with Crippen molar-refractivity contribution in [3.63, 3.8) is 0 Å². The molecule has 3 heterocycles. The van der Waals surface area contributed by atoms with Crippen LogP contribution in [0.25, 0.3) is 16.9 Å². The van der Waals surface area contributed by atoms with Crippen molar-refractivity contribution in [3.05, 3.63) is 41.1 Å². The molecule has 0 bridgehead atoms. The number of hydrogen-bond acceptors (Lipinski definition) is 7. The van der Waals surface area contributed by atoms with Crippen molar-refractivity contribution < 1.29 is 18.0 Å². The van der Waals surface area contributed by atoms with Gasteiger partial charge in [0.2, 0.25) is 10.0 Å². The zero-order valence-corrected chi connectivity index (χ0v) is 21.7. The Labute approximate surface area is 214 Å². The number of carbonyl (C=O) groups is 2. The van der Waals surface area contributed by atoms with Gasteiger partial charge >= 0.3 is 0 Å². The van der Waals surface area contributed by atoms with Crippen molar-refractivity contribution >= 4 is 33.3 Å². The summed E-state index contributed by atoms with van der Waals surface area (Å²) >= 11 is 0. The molecule has 2 amide bonds. The van der Waals surface area contributed by atoms with E-state index in [0.717, 1.165) is 30.0 Å². The normalized spacial score (nSPS) is 18.5. The van der Waals surface area contributed by atoms with E-state index in [1.54, 1.807) is 17.2 Å². The number of anilines is 1. The van der Waals surface area contributed by atoms with Gasteiger partial charge in [0.25, 0.3) is 11.8 Å². The van der Waals surface area contributed by atoms with Crippen molar-refractivity contribution in [1.29, 1.82) is 0 Å². The fourth-order valence-corrected chi connectivity index (χ4v) is 6.11. The number of carbonyl (C=O) groups excluding carboxylic acids is 2. The summed E-state index contributed by atoms with van der Waals surface area (Å²) in [6, 6.07) is 5.19. The molecule has 3 aliphatic rings. The van der Waals surface area contributed by atoms with Gasteiger partial charge in [0.1, 0.15) is 5.56 Å². The molecule has 2 saturated carbocycles. The van der Waals surface area contributed by atoms with E-state index in [9.17, 15) is 18.0 Å². The van der Waals surface area contributed by atoms with Gasteiger partial charge in [-0.25, -0.2) is 22.2 Å². The molecule has 2 aromatic heterocycles. The third-order valence-electron chi connectivity index (χ3n) is 7.50. The molecule has 1 unspecified atom stereocenters. The summed E-state index contributed by atoms with van der Waals surface area (Å²) in [5, 5.41) is 7.13. The molecule has 0 spiro atoms. The van der Waals surface area contributed by atoms with Crippen molar-refractivity contribution in [1.82, 2.24) is 29.1 Å². The molecule has 2 aliphatic carbocycles. The monoisotopic (exact) mass is 523 g/mol. The second-order valence-corrected chi connectivity index (χ2v) is 12.5. The molecule has 3 N–H and O–H groups in total. The van der Waals surface area contributed by atoms with Crippen molar-refractivity contribution in [2.75, 3.05) is 19.8 Å². The van der Waals surface area contributed by atoms with Crippen LogP contribution in [0.3, 0.4) is 0 Å². The number of sulfonamides is 1. The highest BCUT2D eigenvalue weighted by Crippen LogP contribution is 2.41. The number of nitrogen functional groups attached to an aromatic ring is 1. The van der Waals surface area contributed by atoms with E-state index in [0.29, 0.717) is 29.3 Å². The second kappa shape index (κ2) is 8.25. The lowest BCUT2D eigenvalue weighted by atomic mass is 10.0. The highest BCUT2D eigenvalue weighted by atomic mass is 32.2. The average molecular weight is 524 g/mol. The summed E-state index contributed by atoms with van der Waals surface area (Å²) in [6.07, 6.45) is 5.64. The molecule has 2 fully saturated rings. The number of nitrogens with zero attached hydrogens (tertiary/aromatic N) is 5. The van der Waals surface area contributed by atoms with E-state index in [1.165, 1.54) is 24.7 Å². The maximum atomic E-state index is 13.5. The van der Waals surface area contributed by atoms with Crippen LogP contribution in [0.5, 0.6) is 0 Å². The van der Waals surface area contributed by atoms with Crippen LogP contribution in [-0.2, 0) is 16.6 Å². The van der Waals surface area contributed by atoms with Crippen LogP contribution in [0.2, 0.25) is 0 Å². The van der Waals surface area contributed by atoms with Crippen molar-refractivity contribution in [3.8, 4) is 11.3 Å². The van der Waals surface area contributed by atoms with Gasteiger partial charge in [-0.15, -0.1) is 5.10 Å². The van der Waals surface area contributed by atoms with E-state index in [2.05, 4.69) is 15.4 Å². The summed E-state index contributed by atoms with van der Waals surface area (Å²) in [5.41, 5.74) is 8.39. The fourth-order valence-electron chi connectivity index (χ4n) is 4.96. The first-order chi connectivity index (χ1) is 17.6. The standard InChI is InChI=1S/C25H29N7O4S/c1-13(14-4-5-14)31-12-16-10-15(11-19(20(16)25(31)34)37(35,36)30(2)3)18-8-9-32-23(28-18)21(22(26)29-32)24(33)27-17-6-7-17/h8-11,13-14,17H,4-7,12H2,1-3H3,(H2,26,29)(H,27,33). The lowest BCUT2D eigenvalue weighted by Crippen LogP contribution is -2.35. The minimum atomic E-state index is -3.93. The summed E-state index contributed by atoms with van der Waals surface area (Å²) in [7, 11) is -1.04. The second-order valence-electron chi connectivity index (χ2n) is 10.4. The molecule has 1 atom stereocenters. The highest BCUT2D eigenvalue weighted by molar-refractivity contribution is 7.89. The van der Waals surface area contributed by atoms with E-state index in [-0.39, 0.29) is 51.4 Å². The predicted octanol–water partition coefficient (Wildman–Crippen LogP) is 1.88. The third-order valence-corrected chi connectivity index (χ3v) is 9.34. The Bertz CT molecular complexity index is 1570. The molecule has 0 saturated heterocycles. The molecular weight excluding hydrogens is 494 g/mol. The molecule has 37 heavy (non-hydrogen) atoms. The largest absolute Gasteiger partial charge is 0.381 e. The number of hydrogen-bond donors (Lipinski definition) is 2. The van der Waals surface area contributed by atoms with Crippen LogP contribution in [0.4, 0.5) is 5.82 Å². The van der Waals surface area contributed by atoms with Crippen LogP contribution in [0.15, 0.2) is 29.3 Å². The van der Waals surface area contributed by atoms with E-state index < -0.39 is 10.0 Å². The summed E-state index contributed by atoms with van der Waals surface area (Å²) < 4.78 is 29.3. The number of aromatic nitrogens is 3. The van der Waals surface area contributed by atoms with Gasteiger partial charge in [-0.3, -0.25) is 9.59 Å². The zero-order valence-electron chi connectivity index (χ0n) is 20.9. The Hall–Kier alpha value is -3.51. The maximum Gasteiger partial charge on any atom is 0.259 e. The van der Waals surface area contributed by atoms with E-state index in [4.69, 9.17) is 5.73 Å². The summed E-state index contributed by atoms with van der Waals surface area (Å²) in [4.78, 5) is 32.7. The van der Waals surface area contributed by atoms with Gasteiger partial charge in [0, 0.05) is 44.5 Å². The number of rotatable bonds is 7. The molecule has 12 heteroatoms. The molecule has 194 valence electrons. The van der Waals surface area contributed by atoms with Gasteiger partial charge in [-0.1, -0.05) is 0 Å². The topological polar surface area (TPSA) is 143 Å². The highest BCUT2D eigenvalue weighted by Gasteiger charge is 2.41. The smallest absolute Gasteiger partial charge is 0.259 e. The lowest BCUT2D eigenvalue weighted by Gasteiger charge is -2.24. The number of fused-ring (bicyclic) bond motifs is 2. The number of benzene rings is 1. The van der Waals surface area contributed by atoms with Gasteiger partial charge in [-0.05, 0) is 62.3 Å². The number of nitrogens with two attached hydrogens (primary N) is 1. The Morgan fingerprint density at radius 2 is 1.95 bits per heavy atom. The Morgan fingerprint density at radius 1 is 1.22 bits per heavy atom. The van der Waals surface area contributed by atoms with Gasteiger partial charge < -0.3 is 16.0 Å². The summed E-state index contributed by atoms with van der Waals surface area (Å²) in [5.74, 6) is -0.0710.